The molecule has 10 heteroatoms. The first-order valence-corrected chi connectivity index (χ1v) is 13.4. The number of hydrogen-bond acceptors (Lipinski definition) is 7. The summed E-state index contributed by atoms with van der Waals surface area (Å²) in [6, 6.07) is 13.5. The molecule has 1 aromatic heterocycles. The van der Waals surface area contributed by atoms with E-state index in [1.165, 1.54) is 9.87 Å². The van der Waals surface area contributed by atoms with Gasteiger partial charge in [0.15, 0.2) is 0 Å². The molecule has 1 atom stereocenters. The summed E-state index contributed by atoms with van der Waals surface area (Å²) < 4.78 is 36.2. The number of amides is 1. The lowest BCUT2D eigenvalue weighted by Gasteiger charge is -2.33. The van der Waals surface area contributed by atoms with Gasteiger partial charge in [-0.2, -0.15) is 13.1 Å². The summed E-state index contributed by atoms with van der Waals surface area (Å²) in [7, 11) is -3.66. The van der Waals surface area contributed by atoms with Crippen LogP contribution < -0.4 is 5.32 Å². The third kappa shape index (κ3) is 4.79. The van der Waals surface area contributed by atoms with E-state index in [2.05, 4.69) is 45.3 Å². The van der Waals surface area contributed by atoms with Gasteiger partial charge >= 0.3 is 0 Å². The van der Waals surface area contributed by atoms with E-state index in [9.17, 15) is 13.2 Å². The first-order valence-electron chi connectivity index (χ1n) is 11.2. The summed E-state index contributed by atoms with van der Waals surface area (Å²) in [4.78, 5) is 15.0. The van der Waals surface area contributed by atoms with Gasteiger partial charge in [-0.1, -0.05) is 35.9 Å². The van der Waals surface area contributed by atoms with E-state index >= 15 is 0 Å². The Bertz CT molecular complexity index is 1250. The van der Waals surface area contributed by atoms with Crippen molar-refractivity contribution in [2.24, 2.45) is 5.92 Å². The van der Waals surface area contributed by atoms with Crippen LogP contribution in [0.2, 0.25) is 0 Å². The minimum Gasteiger partial charge on any atom is -0.348 e. The zero-order valence-electron chi connectivity index (χ0n) is 18.5. The van der Waals surface area contributed by atoms with Crippen molar-refractivity contribution in [1.82, 2.24) is 23.3 Å². The Hall–Kier alpha value is -2.40. The molecule has 8 nitrogen and oxygen atoms in total. The van der Waals surface area contributed by atoms with Crippen molar-refractivity contribution in [3.05, 3.63) is 53.6 Å². The molecule has 0 radical (unpaired) electrons. The van der Waals surface area contributed by atoms with E-state index in [1.807, 2.05) is 4.90 Å². The Morgan fingerprint density at radius 3 is 2.52 bits per heavy atom. The zero-order valence-corrected chi connectivity index (χ0v) is 20.1. The van der Waals surface area contributed by atoms with Crippen LogP contribution in [0.4, 0.5) is 0 Å². The molecule has 2 aliphatic rings. The Labute approximate surface area is 198 Å². The van der Waals surface area contributed by atoms with Crippen LogP contribution in [0.1, 0.15) is 30.0 Å². The van der Waals surface area contributed by atoms with Gasteiger partial charge < -0.3 is 5.32 Å². The van der Waals surface area contributed by atoms with Gasteiger partial charge in [-0.3, -0.25) is 9.69 Å². The maximum absolute atomic E-state index is 13.2. The fourth-order valence-electron chi connectivity index (χ4n) is 4.36. The second-order valence-corrected chi connectivity index (χ2v) is 11.3. The molecule has 33 heavy (non-hydrogen) atoms. The Kier molecular flexibility index (Phi) is 6.17. The molecular formula is C23H27N5O3S2. The predicted molar refractivity (Wildman–Crippen MR) is 127 cm³/mol. The Morgan fingerprint density at radius 2 is 1.82 bits per heavy atom. The maximum atomic E-state index is 13.2. The van der Waals surface area contributed by atoms with Gasteiger partial charge in [-0.15, -0.1) is 0 Å². The van der Waals surface area contributed by atoms with E-state index in [4.69, 9.17) is 0 Å². The molecule has 1 saturated carbocycles. The lowest BCUT2D eigenvalue weighted by Crippen LogP contribution is -2.51. The van der Waals surface area contributed by atoms with Crippen LogP contribution in [0, 0.1) is 12.8 Å². The molecule has 174 valence electrons. The molecule has 1 N–H and O–H groups in total. The summed E-state index contributed by atoms with van der Waals surface area (Å²) in [6.45, 7) is 4.03. The van der Waals surface area contributed by atoms with Crippen LogP contribution in [0.25, 0.3) is 11.0 Å². The number of carbonyl (C=O) groups excluding carboxylic acids is 1. The van der Waals surface area contributed by atoms with Crippen molar-refractivity contribution >= 4 is 38.7 Å². The third-order valence-electron chi connectivity index (χ3n) is 6.41. The highest BCUT2D eigenvalue weighted by Crippen LogP contribution is 2.41. The van der Waals surface area contributed by atoms with Crippen LogP contribution in [-0.2, 0) is 14.8 Å². The number of benzene rings is 2. The molecule has 1 saturated heterocycles. The fraction of sp³-hybridized carbons (Fsp3) is 0.435. The molecule has 1 unspecified atom stereocenters. The fourth-order valence-corrected chi connectivity index (χ4v) is 6.53. The predicted octanol–water partition coefficient (Wildman–Crippen LogP) is 2.57. The van der Waals surface area contributed by atoms with Crippen LogP contribution in [0.15, 0.2) is 47.4 Å². The monoisotopic (exact) mass is 485 g/mol. The van der Waals surface area contributed by atoms with E-state index in [-0.39, 0.29) is 23.4 Å². The second kappa shape index (κ2) is 9.09. The summed E-state index contributed by atoms with van der Waals surface area (Å²) in [5, 5.41) is 3.22. The molecule has 5 rings (SSSR count). The zero-order chi connectivity index (χ0) is 23.0. The van der Waals surface area contributed by atoms with Crippen molar-refractivity contribution < 1.29 is 13.2 Å². The van der Waals surface area contributed by atoms with E-state index in [1.54, 1.807) is 18.2 Å². The molecule has 1 aliphatic heterocycles. The number of fused-ring (bicyclic) bond motifs is 1. The highest BCUT2D eigenvalue weighted by molar-refractivity contribution is 7.89. The van der Waals surface area contributed by atoms with Gasteiger partial charge in [0, 0.05) is 26.2 Å². The molecule has 0 bridgehead atoms. The molecule has 1 amide bonds. The van der Waals surface area contributed by atoms with Crippen molar-refractivity contribution in [2.75, 3.05) is 32.7 Å². The number of aromatic nitrogens is 2. The lowest BCUT2D eigenvalue weighted by molar-refractivity contribution is -0.123. The minimum absolute atomic E-state index is 0.0119. The molecule has 2 fully saturated rings. The van der Waals surface area contributed by atoms with Crippen LogP contribution in [0.5, 0.6) is 0 Å². The van der Waals surface area contributed by atoms with Crippen molar-refractivity contribution in [1.29, 1.82) is 0 Å². The van der Waals surface area contributed by atoms with E-state index in [0.717, 1.165) is 30.1 Å². The Morgan fingerprint density at radius 1 is 1.09 bits per heavy atom. The van der Waals surface area contributed by atoms with Gasteiger partial charge in [-0.25, -0.2) is 8.42 Å². The number of piperazine rings is 1. The first kappa shape index (κ1) is 22.4. The maximum Gasteiger partial charge on any atom is 0.245 e. The molecule has 3 aromatic rings. The number of hydrogen-bond donors (Lipinski definition) is 1. The summed E-state index contributed by atoms with van der Waals surface area (Å²) in [5.74, 6) is 0.489. The number of aryl methyl sites for hydroxylation is 1. The van der Waals surface area contributed by atoms with Crippen molar-refractivity contribution in [2.45, 2.75) is 30.7 Å². The van der Waals surface area contributed by atoms with Crippen molar-refractivity contribution in [3.8, 4) is 0 Å². The lowest BCUT2D eigenvalue weighted by atomic mass is 10.0. The van der Waals surface area contributed by atoms with Gasteiger partial charge in [0.05, 0.1) is 24.3 Å². The number of rotatable bonds is 7. The van der Waals surface area contributed by atoms with Gasteiger partial charge in [0.1, 0.15) is 15.9 Å². The third-order valence-corrected chi connectivity index (χ3v) is 8.88. The number of sulfonamides is 1. The average Bonchev–Trinajstić information content (AvgIpc) is 3.54. The van der Waals surface area contributed by atoms with Crippen LogP contribution in [0.3, 0.4) is 0 Å². The normalized spacial score (nSPS) is 18.9. The van der Waals surface area contributed by atoms with Crippen LogP contribution in [-0.4, -0.2) is 65.0 Å². The summed E-state index contributed by atoms with van der Waals surface area (Å²) in [5.41, 5.74) is 3.37. The molecule has 1 aliphatic carbocycles. The number of nitrogens with one attached hydrogen (secondary N) is 1. The highest BCUT2D eigenvalue weighted by Gasteiger charge is 2.34. The summed E-state index contributed by atoms with van der Waals surface area (Å²) >= 11 is 1.01. The van der Waals surface area contributed by atoms with Crippen molar-refractivity contribution in [3.63, 3.8) is 0 Å². The second-order valence-electron chi connectivity index (χ2n) is 8.86. The van der Waals surface area contributed by atoms with Gasteiger partial charge in [-0.05, 0) is 43.4 Å². The molecule has 2 heterocycles. The largest absolute Gasteiger partial charge is 0.348 e. The molecule has 0 spiro atoms. The van der Waals surface area contributed by atoms with Gasteiger partial charge in [0.25, 0.3) is 0 Å². The standard InChI is InChI=1S/C23H27N5O3S2/c1-16-5-7-17(8-6-16)22(18-9-10-18)24-21(29)15-27-11-13-28(14-12-27)33(30,31)20-4-2-3-19-23(20)26-32-25-19/h2-8,18,22H,9-15H2,1H3,(H,24,29). The summed E-state index contributed by atoms with van der Waals surface area (Å²) in [6.07, 6.45) is 2.27. The average molecular weight is 486 g/mol. The first-order chi connectivity index (χ1) is 15.9. The topological polar surface area (TPSA) is 95.5 Å². The smallest absolute Gasteiger partial charge is 0.245 e. The van der Waals surface area contributed by atoms with Gasteiger partial charge in [0.2, 0.25) is 15.9 Å². The molecule has 2 aromatic carbocycles. The van der Waals surface area contributed by atoms with E-state index in [0.29, 0.717) is 43.1 Å². The molecular weight excluding hydrogens is 458 g/mol. The SMILES string of the molecule is Cc1ccc(C(NC(=O)CN2CCN(S(=O)(=O)c3cccc4nsnc34)CC2)C2CC2)cc1. The van der Waals surface area contributed by atoms with Crippen LogP contribution >= 0.6 is 11.7 Å². The number of carbonyl (C=O) groups is 1. The number of nitrogens with zero attached hydrogens (tertiary/aromatic N) is 4. The quantitative estimate of drug-likeness (QED) is 0.553. The van der Waals surface area contributed by atoms with E-state index < -0.39 is 10.0 Å². The Balaban J connectivity index is 1.19. The highest BCUT2D eigenvalue weighted by atomic mass is 32.2. The minimum atomic E-state index is -3.66.